The molecule has 0 saturated carbocycles. The molecule has 3 aromatic rings. The zero-order valence-electron chi connectivity index (χ0n) is 16.1. The molecule has 8 heteroatoms. The molecule has 2 N–H and O–H groups in total. The second-order valence-electron chi connectivity index (χ2n) is 7.28. The summed E-state index contributed by atoms with van der Waals surface area (Å²) in [6, 6.07) is 14.0. The maximum Gasteiger partial charge on any atom is 0.276 e. The van der Waals surface area contributed by atoms with Crippen molar-refractivity contribution in [1.29, 1.82) is 0 Å². The highest BCUT2D eigenvalue weighted by atomic mass is 16.2. The van der Waals surface area contributed by atoms with Gasteiger partial charge in [0.15, 0.2) is 5.82 Å². The van der Waals surface area contributed by atoms with Crippen LogP contribution in [-0.2, 0) is 0 Å². The zero-order chi connectivity index (χ0) is 20.2. The van der Waals surface area contributed by atoms with Crippen LogP contribution >= 0.6 is 0 Å². The predicted octanol–water partition coefficient (Wildman–Crippen LogP) is 2.72. The summed E-state index contributed by atoms with van der Waals surface area (Å²) in [6.07, 6.45) is 2.37. The van der Waals surface area contributed by atoms with E-state index in [1.807, 2.05) is 24.3 Å². The van der Waals surface area contributed by atoms with Crippen LogP contribution in [0.2, 0.25) is 0 Å². The smallest absolute Gasteiger partial charge is 0.276 e. The van der Waals surface area contributed by atoms with Crippen LogP contribution in [0.25, 0.3) is 11.3 Å². The number of hydrogen-bond donors (Lipinski definition) is 2. The van der Waals surface area contributed by atoms with Gasteiger partial charge in [-0.25, -0.2) is 5.10 Å². The van der Waals surface area contributed by atoms with Gasteiger partial charge in [0.2, 0.25) is 0 Å². The van der Waals surface area contributed by atoms with Crippen molar-refractivity contribution in [3.05, 3.63) is 64.6 Å². The fourth-order valence-corrected chi connectivity index (χ4v) is 3.28. The van der Waals surface area contributed by atoms with Gasteiger partial charge in [0.1, 0.15) is 5.69 Å². The zero-order valence-corrected chi connectivity index (χ0v) is 16.1. The quantitative estimate of drug-likeness (QED) is 0.710. The van der Waals surface area contributed by atoms with Crippen molar-refractivity contribution < 1.29 is 4.79 Å². The highest BCUT2D eigenvalue weighted by molar-refractivity contribution is 6.02. The van der Waals surface area contributed by atoms with Crippen LogP contribution in [0.5, 0.6) is 0 Å². The highest BCUT2D eigenvalue weighted by Gasteiger charge is 2.17. The van der Waals surface area contributed by atoms with Crippen LogP contribution in [0.1, 0.15) is 30.3 Å². The normalized spacial score (nSPS) is 14.6. The Hall–Kier alpha value is -3.55. The van der Waals surface area contributed by atoms with Gasteiger partial charge in [-0.3, -0.25) is 9.59 Å². The fraction of sp³-hybridized carbons (Fsp3) is 0.286. The van der Waals surface area contributed by atoms with Crippen molar-refractivity contribution >= 4 is 17.4 Å². The Morgan fingerprint density at radius 1 is 1.03 bits per heavy atom. The molecule has 148 valence electrons. The Morgan fingerprint density at radius 3 is 2.41 bits per heavy atom. The molecule has 1 aromatic carbocycles. The van der Waals surface area contributed by atoms with E-state index < -0.39 is 5.91 Å². The van der Waals surface area contributed by atoms with Crippen molar-refractivity contribution in [3.8, 4) is 11.3 Å². The summed E-state index contributed by atoms with van der Waals surface area (Å²) in [7, 11) is 0. The number of nitrogens with zero attached hydrogens (tertiary/aromatic N) is 4. The van der Waals surface area contributed by atoms with E-state index in [9.17, 15) is 9.59 Å². The lowest BCUT2D eigenvalue weighted by Crippen LogP contribution is -2.33. The lowest BCUT2D eigenvalue weighted by molar-refractivity contribution is 0.102. The average Bonchev–Trinajstić information content (AvgIpc) is 2.75. The molecule has 3 heterocycles. The Labute approximate surface area is 168 Å². The molecule has 0 atom stereocenters. The van der Waals surface area contributed by atoms with Crippen LogP contribution < -0.4 is 15.8 Å². The molecule has 1 fully saturated rings. The first-order valence-corrected chi connectivity index (χ1v) is 9.65. The van der Waals surface area contributed by atoms with Crippen LogP contribution in [0, 0.1) is 5.92 Å². The van der Waals surface area contributed by atoms with Gasteiger partial charge < -0.3 is 10.2 Å². The second-order valence-corrected chi connectivity index (χ2v) is 7.28. The number of amides is 1. The molecule has 1 saturated heterocycles. The Balaban J connectivity index is 1.41. The molecule has 0 bridgehead atoms. The van der Waals surface area contributed by atoms with E-state index in [4.69, 9.17) is 0 Å². The van der Waals surface area contributed by atoms with Crippen molar-refractivity contribution in [1.82, 2.24) is 20.4 Å². The Morgan fingerprint density at radius 2 is 1.79 bits per heavy atom. The van der Waals surface area contributed by atoms with Crippen molar-refractivity contribution in [2.75, 3.05) is 23.3 Å². The Bertz CT molecular complexity index is 1020. The topological polar surface area (TPSA) is 104 Å². The third-order valence-electron chi connectivity index (χ3n) is 5.11. The highest BCUT2D eigenvalue weighted by Crippen LogP contribution is 2.24. The van der Waals surface area contributed by atoms with E-state index in [0.717, 1.165) is 36.1 Å². The van der Waals surface area contributed by atoms with E-state index in [1.54, 1.807) is 12.1 Å². The van der Waals surface area contributed by atoms with Crippen molar-refractivity contribution in [2.24, 2.45) is 5.92 Å². The van der Waals surface area contributed by atoms with Crippen LogP contribution in [0.4, 0.5) is 11.5 Å². The summed E-state index contributed by atoms with van der Waals surface area (Å²) in [5.74, 6) is 1.30. The predicted molar refractivity (Wildman–Crippen MR) is 111 cm³/mol. The van der Waals surface area contributed by atoms with E-state index in [2.05, 4.69) is 37.5 Å². The molecule has 1 amide bonds. The van der Waals surface area contributed by atoms with Crippen LogP contribution in [0.3, 0.4) is 0 Å². The molecule has 0 radical (unpaired) electrons. The lowest BCUT2D eigenvalue weighted by Gasteiger charge is -2.30. The number of anilines is 2. The summed E-state index contributed by atoms with van der Waals surface area (Å²) in [5, 5.41) is 17.5. The second kappa shape index (κ2) is 8.22. The number of piperidine rings is 1. The van der Waals surface area contributed by atoms with Gasteiger partial charge in [-0.05, 0) is 49.1 Å². The number of nitrogens with one attached hydrogen (secondary N) is 2. The van der Waals surface area contributed by atoms with Gasteiger partial charge in [-0.1, -0.05) is 19.1 Å². The summed E-state index contributed by atoms with van der Waals surface area (Å²) in [6.45, 7) is 4.33. The number of H-pyrrole nitrogens is 1. The molecule has 8 nitrogen and oxygen atoms in total. The first-order valence-electron chi connectivity index (χ1n) is 9.65. The molecule has 29 heavy (non-hydrogen) atoms. The summed E-state index contributed by atoms with van der Waals surface area (Å²) < 4.78 is 0. The molecule has 2 aromatic heterocycles. The van der Waals surface area contributed by atoms with Crippen molar-refractivity contribution in [2.45, 2.75) is 19.8 Å². The number of aromatic amines is 1. The first kappa shape index (κ1) is 18.8. The van der Waals surface area contributed by atoms with Gasteiger partial charge in [0, 0.05) is 30.4 Å². The summed E-state index contributed by atoms with van der Waals surface area (Å²) in [5.41, 5.74) is 2.10. The monoisotopic (exact) mass is 390 g/mol. The van der Waals surface area contributed by atoms with Gasteiger partial charge in [-0.15, -0.1) is 10.2 Å². The lowest BCUT2D eigenvalue weighted by atomic mass is 9.99. The number of carbonyl (C=O) groups is 1. The van der Waals surface area contributed by atoms with Gasteiger partial charge in [0.25, 0.3) is 11.5 Å². The minimum Gasteiger partial charge on any atom is -0.355 e. The molecule has 1 aliphatic rings. The van der Waals surface area contributed by atoms with Crippen LogP contribution in [-0.4, -0.2) is 39.4 Å². The SMILES string of the molecule is CC1CCN(c2ccc(-c3ccc(NC(=O)c4ccc(=O)[nH]n4)cc3)nn2)CC1. The molecule has 0 spiro atoms. The van der Waals surface area contributed by atoms with E-state index in [-0.39, 0.29) is 11.3 Å². The van der Waals surface area contributed by atoms with Gasteiger partial charge >= 0.3 is 0 Å². The maximum atomic E-state index is 12.2. The van der Waals surface area contributed by atoms with E-state index in [1.165, 1.54) is 25.0 Å². The number of hydrogen-bond acceptors (Lipinski definition) is 6. The van der Waals surface area contributed by atoms with E-state index in [0.29, 0.717) is 5.69 Å². The minimum atomic E-state index is -0.394. The molecular weight excluding hydrogens is 368 g/mol. The van der Waals surface area contributed by atoms with Crippen LogP contribution in [0.15, 0.2) is 53.3 Å². The number of rotatable bonds is 4. The first-order chi connectivity index (χ1) is 14.1. The molecule has 0 unspecified atom stereocenters. The van der Waals surface area contributed by atoms with E-state index >= 15 is 0 Å². The standard InChI is InChI=1S/C21H22N6O2/c1-14-10-12-27(13-11-14)19-8-6-17(23-25-19)15-2-4-16(5-3-15)22-21(29)18-7-9-20(28)26-24-18/h2-9,14H,10-13H2,1H3,(H,22,29)(H,26,28). The number of carbonyl (C=O) groups excluding carboxylic acids is 1. The minimum absolute atomic E-state index is 0.141. The van der Waals surface area contributed by atoms with Gasteiger partial charge in [0.05, 0.1) is 5.69 Å². The molecule has 1 aliphatic heterocycles. The number of aromatic nitrogens is 4. The Kier molecular flexibility index (Phi) is 5.33. The molecular formula is C21H22N6O2. The molecule has 0 aliphatic carbocycles. The van der Waals surface area contributed by atoms with Crippen molar-refractivity contribution in [3.63, 3.8) is 0 Å². The average molecular weight is 390 g/mol. The number of benzene rings is 1. The fourth-order valence-electron chi connectivity index (χ4n) is 3.28. The maximum absolute atomic E-state index is 12.2. The molecule has 4 rings (SSSR count). The summed E-state index contributed by atoms with van der Waals surface area (Å²) in [4.78, 5) is 25.5. The largest absolute Gasteiger partial charge is 0.355 e. The summed E-state index contributed by atoms with van der Waals surface area (Å²) >= 11 is 0. The third kappa shape index (κ3) is 4.48. The third-order valence-corrected chi connectivity index (χ3v) is 5.11. The van der Waals surface area contributed by atoms with Gasteiger partial charge in [-0.2, -0.15) is 5.10 Å².